The van der Waals surface area contributed by atoms with E-state index >= 15 is 0 Å². The number of ether oxygens (including phenoxy) is 2. The summed E-state index contributed by atoms with van der Waals surface area (Å²) in [5, 5.41) is 11.8. The molecule has 1 amide bonds. The van der Waals surface area contributed by atoms with Crippen LogP contribution in [0.15, 0.2) is 24.3 Å². The molecule has 0 unspecified atom stereocenters. The Morgan fingerprint density at radius 1 is 1.21 bits per heavy atom. The molecule has 0 heterocycles. The average molecular weight is 335 g/mol. The summed E-state index contributed by atoms with van der Waals surface area (Å²) < 4.78 is 11.2. The van der Waals surface area contributed by atoms with E-state index in [0.29, 0.717) is 37.6 Å². The Morgan fingerprint density at radius 3 is 2.42 bits per heavy atom. The summed E-state index contributed by atoms with van der Waals surface area (Å²) in [6.07, 6.45) is 3.32. The maximum atomic E-state index is 12.0. The monoisotopic (exact) mass is 335 g/mol. The van der Waals surface area contributed by atoms with Crippen molar-refractivity contribution in [1.82, 2.24) is 5.32 Å². The SMILES string of the molecule is CCOc1ccccc1OCCCC(=O)NC1(CC(=O)O)CCC1. The zero-order valence-electron chi connectivity index (χ0n) is 14.0. The summed E-state index contributed by atoms with van der Waals surface area (Å²) in [7, 11) is 0. The van der Waals surface area contributed by atoms with E-state index in [1.165, 1.54) is 0 Å². The van der Waals surface area contributed by atoms with Crippen molar-refractivity contribution in [2.45, 2.75) is 51.0 Å². The van der Waals surface area contributed by atoms with E-state index in [4.69, 9.17) is 14.6 Å². The number of carbonyl (C=O) groups is 2. The van der Waals surface area contributed by atoms with Crippen molar-refractivity contribution in [2.75, 3.05) is 13.2 Å². The van der Waals surface area contributed by atoms with Crippen LogP contribution in [0.3, 0.4) is 0 Å². The molecule has 0 saturated heterocycles. The summed E-state index contributed by atoms with van der Waals surface area (Å²) in [5.74, 6) is 0.379. The van der Waals surface area contributed by atoms with Gasteiger partial charge in [-0.25, -0.2) is 0 Å². The van der Waals surface area contributed by atoms with E-state index in [2.05, 4.69) is 5.32 Å². The fourth-order valence-electron chi connectivity index (χ4n) is 2.86. The highest BCUT2D eigenvalue weighted by atomic mass is 16.5. The summed E-state index contributed by atoms with van der Waals surface area (Å²) in [6.45, 7) is 2.88. The van der Waals surface area contributed by atoms with Crippen LogP contribution in [0.2, 0.25) is 0 Å². The minimum atomic E-state index is -0.870. The van der Waals surface area contributed by atoms with Crippen LogP contribution < -0.4 is 14.8 Å². The Labute approximate surface area is 142 Å². The third-order valence-corrected chi connectivity index (χ3v) is 4.16. The Balaban J connectivity index is 1.72. The Kier molecular flexibility index (Phi) is 6.46. The molecule has 1 aliphatic rings. The molecule has 0 aliphatic heterocycles. The standard InChI is InChI=1S/C18H25NO5/c1-2-23-14-7-3-4-8-15(14)24-12-5-9-16(20)19-18(10-6-11-18)13-17(21)22/h3-4,7-8H,2,5-6,9-13H2,1H3,(H,19,20)(H,21,22). The minimum Gasteiger partial charge on any atom is -0.490 e. The number of hydrogen-bond donors (Lipinski definition) is 2. The first-order chi connectivity index (χ1) is 11.5. The molecule has 6 heteroatoms. The largest absolute Gasteiger partial charge is 0.490 e. The fraction of sp³-hybridized carbons (Fsp3) is 0.556. The lowest BCUT2D eigenvalue weighted by Crippen LogP contribution is -2.54. The molecule has 132 valence electrons. The molecule has 6 nitrogen and oxygen atoms in total. The number of benzene rings is 1. The number of amides is 1. The lowest BCUT2D eigenvalue weighted by molar-refractivity contribution is -0.140. The second kappa shape index (κ2) is 8.57. The Morgan fingerprint density at radius 2 is 1.88 bits per heavy atom. The van der Waals surface area contributed by atoms with Gasteiger partial charge in [-0.15, -0.1) is 0 Å². The number of carboxylic acids is 1. The maximum absolute atomic E-state index is 12.0. The average Bonchev–Trinajstić information content (AvgIpc) is 2.50. The number of carboxylic acid groups (broad SMARTS) is 1. The van der Waals surface area contributed by atoms with Crippen molar-refractivity contribution in [2.24, 2.45) is 0 Å². The van der Waals surface area contributed by atoms with Gasteiger partial charge in [0.1, 0.15) is 0 Å². The van der Waals surface area contributed by atoms with Gasteiger partial charge in [0, 0.05) is 6.42 Å². The predicted octanol–water partition coefficient (Wildman–Crippen LogP) is 2.76. The molecule has 1 aliphatic carbocycles. The van der Waals surface area contributed by atoms with Gasteiger partial charge in [0.05, 0.1) is 25.2 Å². The van der Waals surface area contributed by atoms with E-state index in [1.54, 1.807) is 0 Å². The number of hydrogen-bond acceptors (Lipinski definition) is 4. The zero-order chi connectivity index (χ0) is 17.4. The molecule has 0 aromatic heterocycles. The highest BCUT2D eigenvalue weighted by Gasteiger charge is 2.40. The number of para-hydroxylation sites is 2. The highest BCUT2D eigenvalue weighted by molar-refractivity contribution is 5.78. The minimum absolute atomic E-state index is 0.00300. The van der Waals surface area contributed by atoms with E-state index in [9.17, 15) is 9.59 Å². The molecular formula is C18H25NO5. The first kappa shape index (κ1) is 18.1. The first-order valence-corrected chi connectivity index (χ1v) is 8.42. The molecule has 2 rings (SSSR count). The van der Waals surface area contributed by atoms with E-state index in [1.807, 2.05) is 31.2 Å². The van der Waals surface area contributed by atoms with Gasteiger partial charge in [0.2, 0.25) is 5.91 Å². The lowest BCUT2D eigenvalue weighted by Gasteiger charge is -2.41. The number of nitrogens with one attached hydrogen (secondary N) is 1. The van der Waals surface area contributed by atoms with E-state index < -0.39 is 11.5 Å². The van der Waals surface area contributed by atoms with Gasteiger partial charge < -0.3 is 19.9 Å². The highest BCUT2D eigenvalue weighted by Crippen LogP contribution is 2.35. The van der Waals surface area contributed by atoms with Crippen molar-refractivity contribution in [1.29, 1.82) is 0 Å². The second-order valence-electron chi connectivity index (χ2n) is 6.08. The summed E-state index contributed by atoms with van der Waals surface area (Å²) >= 11 is 0. The summed E-state index contributed by atoms with van der Waals surface area (Å²) in [5.41, 5.74) is -0.536. The van der Waals surface area contributed by atoms with Crippen molar-refractivity contribution in [3.63, 3.8) is 0 Å². The third-order valence-electron chi connectivity index (χ3n) is 4.16. The van der Waals surface area contributed by atoms with Crippen LogP contribution >= 0.6 is 0 Å². The third kappa shape index (κ3) is 5.15. The summed E-state index contributed by atoms with van der Waals surface area (Å²) in [6, 6.07) is 7.43. The molecular weight excluding hydrogens is 310 g/mol. The van der Waals surface area contributed by atoms with Gasteiger partial charge in [0.15, 0.2) is 11.5 Å². The second-order valence-corrected chi connectivity index (χ2v) is 6.08. The number of carbonyl (C=O) groups excluding carboxylic acids is 1. The number of rotatable bonds is 10. The van der Waals surface area contributed by atoms with Crippen LogP contribution in [-0.4, -0.2) is 35.7 Å². The van der Waals surface area contributed by atoms with Crippen LogP contribution in [0.1, 0.15) is 45.4 Å². The van der Waals surface area contributed by atoms with Crippen molar-refractivity contribution < 1.29 is 24.2 Å². The van der Waals surface area contributed by atoms with E-state index in [0.717, 1.165) is 19.3 Å². The molecule has 1 aromatic rings. The van der Waals surface area contributed by atoms with Crippen LogP contribution in [0, 0.1) is 0 Å². The maximum Gasteiger partial charge on any atom is 0.305 e. The van der Waals surface area contributed by atoms with Crippen LogP contribution in [0.25, 0.3) is 0 Å². The van der Waals surface area contributed by atoms with Gasteiger partial charge in [-0.3, -0.25) is 9.59 Å². The molecule has 0 atom stereocenters. The van der Waals surface area contributed by atoms with Gasteiger partial charge in [-0.1, -0.05) is 12.1 Å². The first-order valence-electron chi connectivity index (χ1n) is 8.42. The molecule has 1 aromatic carbocycles. The smallest absolute Gasteiger partial charge is 0.305 e. The molecule has 1 saturated carbocycles. The lowest BCUT2D eigenvalue weighted by atomic mass is 9.74. The topological polar surface area (TPSA) is 84.9 Å². The van der Waals surface area contributed by atoms with E-state index in [-0.39, 0.29) is 12.3 Å². The molecule has 24 heavy (non-hydrogen) atoms. The van der Waals surface area contributed by atoms with Crippen molar-refractivity contribution in [3.8, 4) is 11.5 Å². The predicted molar refractivity (Wildman–Crippen MR) is 89.3 cm³/mol. The molecule has 0 spiro atoms. The van der Waals surface area contributed by atoms with Crippen molar-refractivity contribution in [3.05, 3.63) is 24.3 Å². The summed E-state index contributed by atoms with van der Waals surface area (Å²) in [4.78, 5) is 22.9. The van der Waals surface area contributed by atoms with Gasteiger partial charge in [-0.05, 0) is 44.7 Å². The van der Waals surface area contributed by atoms with Crippen LogP contribution in [0.5, 0.6) is 11.5 Å². The molecule has 0 bridgehead atoms. The normalized spacial score (nSPS) is 15.2. The molecule has 1 fully saturated rings. The van der Waals surface area contributed by atoms with Crippen LogP contribution in [0.4, 0.5) is 0 Å². The number of aliphatic carboxylic acids is 1. The zero-order valence-corrected chi connectivity index (χ0v) is 14.0. The fourth-order valence-corrected chi connectivity index (χ4v) is 2.86. The Bertz CT molecular complexity index is 568. The van der Waals surface area contributed by atoms with Gasteiger partial charge in [0.25, 0.3) is 0 Å². The van der Waals surface area contributed by atoms with Crippen LogP contribution in [-0.2, 0) is 9.59 Å². The van der Waals surface area contributed by atoms with Gasteiger partial charge >= 0.3 is 5.97 Å². The molecule has 2 N–H and O–H groups in total. The quantitative estimate of drug-likeness (QED) is 0.642. The van der Waals surface area contributed by atoms with Gasteiger partial charge in [-0.2, -0.15) is 0 Å². The molecule has 0 radical (unpaired) electrons. The van der Waals surface area contributed by atoms with Crippen molar-refractivity contribution >= 4 is 11.9 Å². The Hall–Kier alpha value is -2.24.